The monoisotopic (exact) mass is 674 g/mol. The number of hydrogen-bond acceptors (Lipinski definition) is 1. The highest BCUT2D eigenvalue weighted by atomic mass is 15.1. The Morgan fingerprint density at radius 3 is 1.60 bits per heavy atom. The van der Waals surface area contributed by atoms with E-state index in [9.17, 15) is 0 Å². The Bertz CT molecular complexity index is 2840. The number of benzene rings is 8. The summed E-state index contributed by atoms with van der Waals surface area (Å²) in [4.78, 5) is 2.33. The highest BCUT2D eigenvalue weighted by molar-refractivity contribution is 6.21. The van der Waals surface area contributed by atoms with Gasteiger partial charge in [0, 0.05) is 33.5 Å². The summed E-state index contributed by atoms with van der Waals surface area (Å²) in [5.41, 5.74) is 13.0. The average Bonchev–Trinajstić information content (AvgIpc) is 3.54. The number of rotatable bonds is 6. The van der Waals surface area contributed by atoms with Crippen molar-refractivity contribution in [2.45, 2.75) is 6.92 Å². The molecular weight excluding hydrogens is 641 g/mol. The van der Waals surface area contributed by atoms with Gasteiger partial charge in [0.2, 0.25) is 0 Å². The van der Waals surface area contributed by atoms with Gasteiger partial charge in [0.15, 0.2) is 0 Å². The van der Waals surface area contributed by atoms with Crippen molar-refractivity contribution in [3.05, 3.63) is 206 Å². The minimum Gasteiger partial charge on any atom is -0.310 e. The van der Waals surface area contributed by atoms with Gasteiger partial charge in [0.05, 0.1) is 11.0 Å². The zero-order valence-corrected chi connectivity index (χ0v) is 29.3. The summed E-state index contributed by atoms with van der Waals surface area (Å²) in [5.74, 6) is 0. The van der Waals surface area contributed by atoms with E-state index in [0.717, 1.165) is 22.7 Å². The van der Waals surface area contributed by atoms with Crippen molar-refractivity contribution < 1.29 is 0 Å². The van der Waals surface area contributed by atoms with E-state index in [0.29, 0.717) is 0 Å². The summed E-state index contributed by atoms with van der Waals surface area (Å²) in [6.07, 6.45) is 0. The molecule has 2 nitrogen and oxygen atoms in total. The van der Waals surface area contributed by atoms with E-state index in [2.05, 4.69) is 217 Å². The normalized spacial score (nSPS) is 11.3. The Labute approximate surface area is 309 Å². The number of para-hydroxylation sites is 3. The first-order chi connectivity index (χ1) is 26.2. The smallest absolute Gasteiger partial charge is 0.0542 e. The third kappa shape index (κ3) is 5.14. The van der Waals surface area contributed by atoms with E-state index < -0.39 is 0 Å². The summed E-state index contributed by atoms with van der Waals surface area (Å²) in [6, 6.07) is 74.2. The molecule has 0 N–H and O–H groups in total. The number of fused-ring (bicyclic) bond motifs is 5. The van der Waals surface area contributed by atoms with Crippen LogP contribution in [0.3, 0.4) is 0 Å². The highest BCUT2D eigenvalue weighted by Gasteiger charge is 2.19. The van der Waals surface area contributed by atoms with Gasteiger partial charge in [-0.2, -0.15) is 0 Å². The summed E-state index contributed by atoms with van der Waals surface area (Å²) < 4.78 is 2.40. The molecule has 248 valence electrons. The summed E-state index contributed by atoms with van der Waals surface area (Å²) in [7, 11) is 0. The van der Waals surface area contributed by atoms with Crippen LogP contribution in [0.1, 0.15) is 5.56 Å². The number of anilines is 3. The van der Waals surface area contributed by atoms with E-state index in [4.69, 9.17) is 0 Å². The van der Waals surface area contributed by atoms with Crippen molar-refractivity contribution in [1.82, 2.24) is 4.57 Å². The van der Waals surface area contributed by atoms with Gasteiger partial charge in [-0.1, -0.05) is 133 Å². The number of aryl methyl sites for hydroxylation is 1. The lowest BCUT2D eigenvalue weighted by Gasteiger charge is -2.25. The van der Waals surface area contributed by atoms with Gasteiger partial charge in [-0.25, -0.2) is 0 Å². The molecule has 0 bridgehead atoms. The summed E-state index contributed by atoms with van der Waals surface area (Å²) in [5, 5.41) is 7.28. The molecule has 0 amide bonds. The fourth-order valence-electron chi connectivity index (χ4n) is 8.19. The predicted molar refractivity (Wildman–Crippen MR) is 224 cm³/mol. The van der Waals surface area contributed by atoms with Gasteiger partial charge in [-0.3, -0.25) is 0 Å². The molecule has 0 spiro atoms. The largest absolute Gasteiger partial charge is 0.310 e. The fraction of sp³-hybridized carbons (Fsp3) is 0.0196. The van der Waals surface area contributed by atoms with Gasteiger partial charge in [-0.05, 0) is 124 Å². The molecule has 10 rings (SSSR count). The van der Waals surface area contributed by atoms with E-state index >= 15 is 0 Å². The van der Waals surface area contributed by atoms with Crippen molar-refractivity contribution >= 4 is 60.4 Å². The molecule has 0 saturated carbocycles. The van der Waals surface area contributed by atoms with Crippen molar-refractivity contribution in [2.24, 2.45) is 0 Å². The SMILES string of the molecule is Cc1cccc(-c2c3cc#ccc3c(-c3ccc(-n4c5ccccc5c5cc(N(c6ccccc6)c6ccccc6)ccc54)cc3)c3ccccc23)c1. The zero-order chi connectivity index (χ0) is 35.3. The zero-order valence-electron chi connectivity index (χ0n) is 29.3. The van der Waals surface area contributed by atoms with Crippen LogP contribution in [0, 0.1) is 19.1 Å². The Balaban J connectivity index is 1.13. The minimum absolute atomic E-state index is 1.12. The molecule has 10 aromatic rings. The van der Waals surface area contributed by atoms with Crippen LogP contribution in [-0.2, 0) is 0 Å². The van der Waals surface area contributed by atoms with Crippen LogP contribution in [0.15, 0.2) is 188 Å². The molecule has 0 aliphatic heterocycles. The maximum absolute atomic E-state index is 3.27. The first kappa shape index (κ1) is 30.7. The standard InChI is InChI=1S/C51H34N2/c1-35-15-14-16-37(33-35)51-45-24-10-8-22-43(45)50(44-23-9-11-25-46(44)51)36-27-29-40(30-28-36)53-48-26-13-12-21-42(48)47-34-41(31-32-49(47)53)52(38-17-4-2-5-18-38)39-19-6-3-7-20-39/h2-8,10,12-34H,1H3. The van der Waals surface area contributed by atoms with Crippen LogP contribution < -0.4 is 4.90 Å². The molecule has 0 aliphatic carbocycles. The number of hydrogen-bond donors (Lipinski definition) is 0. The molecular formula is C51H34N2. The molecule has 0 atom stereocenters. The first-order valence-electron chi connectivity index (χ1n) is 18.1. The third-order valence-corrected chi connectivity index (χ3v) is 10.5. The van der Waals surface area contributed by atoms with Crippen LogP contribution in [0.5, 0.6) is 0 Å². The Morgan fingerprint density at radius 2 is 0.962 bits per heavy atom. The van der Waals surface area contributed by atoms with Crippen molar-refractivity contribution in [2.75, 3.05) is 4.90 Å². The summed E-state index contributed by atoms with van der Waals surface area (Å²) in [6.45, 7) is 2.16. The summed E-state index contributed by atoms with van der Waals surface area (Å²) >= 11 is 0. The highest BCUT2D eigenvalue weighted by Crippen LogP contribution is 2.44. The topological polar surface area (TPSA) is 8.17 Å². The predicted octanol–water partition coefficient (Wildman–Crippen LogP) is 13.8. The van der Waals surface area contributed by atoms with Gasteiger partial charge in [0.1, 0.15) is 0 Å². The Morgan fingerprint density at radius 1 is 0.396 bits per heavy atom. The maximum atomic E-state index is 3.27. The second-order valence-corrected chi connectivity index (χ2v) is 13.7. The molecule has 0 aliphatic rings. The lowest BCUT2D eigenvalue weighted by molar-refractivity contribution is 1.18. The van der Waals surface area contributed by atoms with E-state index in [1.54, 1.807) is 0 Å². The Kier molecular flexibility index (Phi) is 7.30. The molecule has 0 saturated heterocycles. The van der Waals surface area contributed by atoms with Crippen molar-refractivity contribution in [3.63, 3.8) is 0 Å². The number of nitrogens with zero attached hydrogens (tertiary/aromatic N) is 2. The first-order valence-corrected chi connectivity index (χ1v) is 18.1. The van der Waals surface area contributed by atoms with E-state index in [1.165, 1.54) is 71.2 Å². The molecule has 9 aromatic carbocycles. The average molecular weight is 675 g/mol. The quantitative estimate of drug-likeness (QED) is 0.170. The minimum atomic E-state index is 1.12. The second kappa shape index (κ2) is 12.6. The van der Waals surface area contributed by atoms with Gasteiger partial charge >= 0.3 is 0 Å². The molecule has 53 heavy (non-hydrogen) atoms. The fourth-order valence-corrected chi connectivity index (χ4v) is 8.19. The lowest BCUT2D eigenvalue weighted by Crippen LogP contribution is -2.09. The third-order valence-electron chi connectivity index (χ3n) is 10.5. The molecule has 1 heterocycles. The molecule has 0 unspecified atom stereocenters. The molecule has 2 heteroatoms. The number of aromatic nitrogens is 1. The molecule has 0 radical (unpaired) electrons. The van der Waals surface area contributed by atoms with Crippen molar-refractivity contribution in [1.29, 1.82) is 0 Å². The van der Waals surface area contributed by atoms with Crippen LogP contribution in [-0.4, -0.2) is 4.57 Å². The van der Waals surface area contributed by atoms with Crippen LogP contribution in [0.25, 0.3) is 71.3 Å². The lowest BCUT2D eigenvalue weighted by atomic mass is 9.86. The van der Waals surface area contributed by atoms with Crippen LogP contribution in [0.4, 0.5) is 17.1 Å². The van der Waals surface area contributed by atoms with Crippen molar-refractivity contribution in [3.8, 4) is 27.9 Å². The maximum Gasteiger partial charge on any atom is 0.0542 e. The van der Waals surface area contributed by atoms with Crippen LogP contribution >= 0.6 is 0 Å². The Hall–Kier alpha value is -7.08. The second-order valence-electron chi connectivity index (χ2n) is 13.7. The van der Waals surface area contributed by atoms with Gasteiger partial charge in [-0.15, -0.1) is 0 Å². The van der Waals surface area contributed by atoms with Gasteiger partial charge < -0.3 is 9.47 Å². The van der Waals surface area contributed by atoms with E-state index in [-0.39, 0.29) is 0 Å². The molecule has 1 aromatic heterocycles. The van der Waals surface area contributed by atoms with Crippen LogP contribution in [0.2, 0.25) is 0 Å². The molecule has 0 fully saturated rings. The van der Waals surface area contributed by atoms with E-state index in [1.807, 2.05) is 0 Å². The van der Waals surface area contributed by atoms with Gasteiger partial charge in [0.25, 0.3) is 0 Å².